The zero-order chi connectivity index (χ0) is 23.9. The summed E-state index contributed by atoms with van der Waals surface area (Å²) in [6, 6.07) is 26.0. The largest absolute Gasteiger partial charge is 0.452 e. The van der Waals surface area contributed by atoms with Gasteiger partial charge in [0.25, 0.3) is 0 Å². The summed E-state index contributed by atoms with van der Waals surface area (Å²) in [5.74, 6) is -1.36. The Kier molecular flexibility index (Phi) is 7.69. The van der Waals surface area contributed by atoms with Crippen molar-refractivity contribution in [2.24, 2.45) is 0 Å². The van der Waals surface area contributed by atoms with E-state index < -0.39 is 42.5 Å². The van der Waals surface area contributed by atoms with Crippen molar-refractivity contribution >= 4 is 11.9 Å². The van der Waals surface area contributed by atoms with Crippen molar-refractivity contribution < 1.29 is 34.0 Å². The molecule has 7 heteroatoms. The van der Waals surface area contributed by atoms with Crippen molar-refractivity contribution in [3.05, 3.63) is 108 Å². The van der Waals surface area contributed by atoms with E-state index in [-0.39, 0.29) is 24.2 Å². The van der Waals surface area contributed by atoms with Crippen LogP contribution in [0.5, 0.6) is 0 Å². The molecule has 34 heavy (non-hydrogen) atoms. The molecule has 1 aliphatic rings. The van der Waals surface area contributed by atoms with E-state index in [1.807, 2.05) is 30.3 Å². The van der Waals surface area contributed by atoms with Gasteiger partial charge in [0.2, 0.25) is 0 Å². The third-order valence-electron chi connectivity index (χ3n) is 5.68. The summed E-state index contributed by atoms with van der Waals surface area (Å²) >= 11 is 0. The highest BCUT2D eigenvalue weighted by Gasteiger charge is 2.49. The van der Waals surface area contributed by atoms with Crippen LogP contribution in [0.1, 0.15) is 32.7 Å². The second kappa shape index (κ2) is 11.1. The highest BCUT2D eigenvalue weighted by Crippen LogP contribution is 2.30. The summed E-state index contributed by atoms with van der Waals surface area (Å²) < 4.78 is 17.3. The Bertz CT molecular complexity index is 1070. The van der Waals surface area contributed by atoms with Gasteiger partial charge in [-0.2, -0.15) is 0 Å². The minimum atomic E-state index is -1.26. The molecule has 3 aromatic carbocycles. The second-order valence-electron chi connectivity index (χ2n) is 8.10. The topological polar surface area (TPSA) is 102 Å². The van der Waals surface area contributed by atoms with Crippen molar-refractivity contribution in [3.63, 3.8) is 0 Å². The first-order valence-corrected chi connectivity index (χ1v) is 11.1. The summed E-state index contributed by atoms with van der Waals surface area (Å²) in [7, 11) is 0. The lowest BCUT2D eigenvalue weighted by atomic mass is 9.86. The first-order valence-electron chi connectivity index (χ1n) is 11.1. The van der Waals surface area contributed by atoms with Gasteiger partial charge in [-0.25, -0.2) is 9.59 Å². The van der Waals surface area contributed by atoms with Crippen LogP contribution in [-0.2, 0) is 20.8 Å². The van der Waals surface area contributed by atoms with Gasteiger partial charge in [-0.3, -0.25) is 0 Å². The zero-order valence-corrected chi connectivity index (χ0v) is 18.4. The number of ether oxygens (including phenoxy) is 3. The Balaban J connectivity index is 1.59. The number of benzene rings is 3. The number of esters is 2. The molecule has 0 radical (unpaired) electrons. The first-order chi connectivity index (χ1) is 16.5. The van der Waals surface area contributed by atoms with Crippen LogP contribution in [0.25, 0.3) is 0 Å². The normalized spacial score (nSPS) is 24.2. The molecule has 5 atom stereocenters. The fourth-order valence-electron chi connectivity index (χ4n) is 3.92. The number of carbonyl (C=O) groups is 2. The molecule has 1 fully saturated rings. The summed E-state index contributed by atoms with van der Waals surface area (Å²) in [6.45, 7) is 0.136. The molecule has 3 aromatic rings. The SMILES string of the molecule is O=C(O[C@@H]1[C@@H](OCc2ccccc2)[C@H](O)C[C@@H](O)[C@H]1OC(=O)c1ccccc1)c1ccccc1. The summed E-state index contributed by atoms with van der Waals surface area (Å²) in [5, 5.41) is 21.4. The molecule has 0 heterocycles. The van der Waals surface area contributed by atoms with Crippen LogP contribution in [0.2, 0.25) is 0 Å². The fourth-order valence-corrected chi connectivity index (χ4v) is 3.92. The van der Waals surface area contributed by atoms with Gasteiger partial charge < -0.3 is 24.4 Å². The van der Waals surface area contributed by atoms with Gasteiger partial charge in [0.05, 0.1) is 29.9 Å². The van der Waals surface area contributed by atoms with E-state index in [2.05, 4.69) is 0 Å². The molecule has 0 saturated heterocycles. The molecule has 0 aliphatic heterocycles. The molecule has 0 bridgehead atoms. The van der Waals surface area contributed by atoms with Gasteiger partial charge in [-0.1, -0.05) is 66.7 Å². The summed E-state index contributed by atoms with van der Waals surface area (Å²) in [4.78, 5) is 25.6. The molecule has 2 N–H and O–H groups in total. The minimum Gasteiger partial charge on any atom is -0.452 e. The quantitative estimate of drug-likeness (QED) is 0.520. The van der Waals surface area contributed by atoms with E-state index in [0.29, 0.717) is 0 Å². The maximum Gasteiger partial charge on any atom is 0.338 e. The van der Waals surface area contributed by atoms with Crippen molar-refractivity contribution in [1.29, 1.82) is 0 Å². The summed E-state index contributed by atoms with van der Waals surface area (Å²) in [5.41, 5.74) is 1.43. The average Bonchev–Trinajstić information content (AvgIpc) is 2.87. The molecule has 0 amide bonds. The van der Waals surface area contributed by atoms with Crippen LogP contribution in [0.4, 0.5) is 0 Å². The molecule has 7 nitrogen and oxygen atoms in total. The van der Waals surface area contributed by atoms with Gasteiger partial charge in [0.15, 0.2) is 12.2 Å². The number of aliphatic hydroxyl groups excluding tert-OH is 2. The molecular weight excluding hydrogens is 436 g/mol. The van der Waals surface area contributed by atoms with Gasteiger partial charge in [0.1, 0.15) is 6.10 Å². The Labute approximate surface area is 197 Å². The molecule has 1 aliphatic carbocycles. The van der Waals surface area contributed by atoms with E-state index in [1.54, 1.807) is 60.7 Å². The lowest BCUT2D eigenvalue weighted by molar-refractivity contribution is -0.198. The monoisotopic (exact) mass is 462 g/mol. The predicted octanol–water partition coefficient (Wildman–Crippen LogP) is 3.15. The molecule has 1 saturated carbocycles. The molecule has 176 valence electrons. The lowest BCUT2D eigenvalue weighted by Gasteiger charge is -2.42. The minimum absolute atomic E-state index is 0.106. The summed E-state index contributed by atoms with van der Waals surface area (Å²) in [6.07, 6.45) is -5.99. The highest BCUT2D eigenvalue weighted by molar-refractivity contribution is 5.90. The number of carbonyl (C=O) groups excluding carboxylic acids is 2. The number of rotatable bonds is 7. The maximum absolute atomic E-state index is 12.9. The van der Waals surface area contributed by atoms with Gasteiger partial charge in [-0.15, -0.1) is 0 Å². The van der Waals surface area contributed by atoms with E-state index >= 15 is 0 Å². The van der Waals surface area contributed by atoms with E-state index in [1.165, 1.54) is 0 Å². The van der Waals surface area contributed by atoms with Crippen molar-refractivity contribution in [1.82, 2.24) is 0 Å². The first kappa shape index (κ1) is 23.6. The van der Waals surface area contributed by atoms with E-state index in [9.17, 15) is 19.8 Å². The number of aliphatic hydroxyl groups is 2. The Morgan fingerprint density at radius 1 is 0.647 bits per heavy atom. The van der Waals surface area contributed by atoms with Crippen molar-refractivity contribution in [3.8, 4) is 0 Å². The van der Waals surface area contributed by atoms with Crippen LogP contribution >= 0.6 is 0 Å². The number of hydrogen-bond acceptors (Lipinski definition) is 7. The van der Waals surface area contributed by atoms with Crippen LogP contribution < -0.4 is 0 Å². The molecule has 0 aromatic heterocycles. The van der Waals surface area contributed by atoms with Gasteiger partial charge in [0, 0.05) is 6.42 Å². The number of hydrogen-bond donors (Lipinski definition) is 2. The van der Waals surface area contributed by atoms with E-state index in [0.717, 1.165) is 5.56 Å². The molecule has 0 unspecified atom stereocenters. The third kappa shape index (κ3) is 5.69. The van der Waals surface area contributed by atoms with Crippen LogP contribution in [0.15, 0.2) is 91.0 Å². The molecule has 0 spiro atoms. The smallest absolute Gasteiger partial charge is 0.338 e. The van der Waals surface area contributed by atoms with Crippen molar-refractivity contribution in [2.45, 2.75) is 43.5 Å². The highest BCUT2D eigenvalue weighted by atomic mass is 16.6. The average molecular weight is 462 g/mol. The van der Waals surface area contributed by atoms with Gasteiger partial charge >= 0.3 is 11.9 Å². The van der Waals surface area contributed by atoms with Crippen LogP contribution in [-0.4, -0.2) is 52.7 Å². The van der Waals surface area contributed by atoms with Crippen LogP contribution in [0, 0.1) is 0 Å². The molecular formula is C27H26O7. The molecule has 4 rings (SSSR count). The van der Waals surface area contributed by atoms with Crippen molar-refractivity contribution in [2.75, 3.05) is 0 Å². The maximum atomic E-state index is 12.9. The zero-order valence-electron chi connectivity index (χ0n) is 18.4. The second-order valence-corrected chi connectivity index (χ2v) is 8.10. The predicted molar refractivity (Wildman–Crippen MR) is 123 cm³/mol. The Hall–Kier alpha value is -3.52. The standard InChI is InChI=1S/C27H26O7/c28-21-16-22(29)24(33-26(30)19-12-6-2-7-13-19)25(34-27(31)20-14-8-3-9-15-20)23(21)32-17-18-10-4-1-5-11-18/h1-15,21-25,28-29H,16-17H2/t21-,22-,23+,24-,25-/m1/s1. The fraction of sp³-hybridized carbons (Fsp3) is 0.259. The Morgan fingerprint density at radius 2 is 1.09 bits per heavy atom. The Morgan fingerprint density at radius 3 is 1.62 bits per heavy atom. The van der Waals surface area contributed by atoms with E-state index in [4.69, 9.17) is 14.2 Å². The third-order valence-corrected chi connectivity index (χ3v) is 5.68. The van der Waals surface area contributed by atoms with Crippen LogP contribution in [0.3, 0.4) is 0 Å². The lowest BCUT2D eigenvalue weighted by Crippen LogP contribution is -2.59. The van der Waals surface area contributed by atoms with Gasteiger partial charge in [-0.05, 0) is 29.8 Å².